The SMILES string of the molecule is CC(=O)[C@@H]1[C@H](c2ccccc2)[C@@H](c2ccc(C(=O)O)cc2F)[C@H]1c1ccc(C(=O)O)cc1. The number of rotatable bonds is 6. The first-order valence-corrected chi connectivity index (χ1v) is 10.2. The van der Waals surface area contributed by atoms with E-state index in [9.17, 15) is 24.6 Å². The van der Waals surface area contributed by atoms with Crippen LogP contribution in [0.4, 0.5) is 4.39 Å². The van der Waals surface area contributed by atoms with Crippen LogP contribution in [0.15, 0.2) is 72.8 Å². The molecule has 1 fully saturated rings. The van der Waals surface area contributed by atoms with Crippen molar-refractivity contribution in [2.75, 3.05) is 0 Å². The van der Waals surface area contributed by atoms with Crippen LogP contribution >= 0.6 is 0 Å². The molecule has 3 aromatic carbocycles. The molecule has 0 heterocycles. The fourth-order valence-electron chi connectivity index (χ4n) is 4.92. The first-order chi connectivity index (χ1) is 15.3. The second-order valence-corrected chi connectivity index (χ2v) is 8.09. The van der Waals surface area contributed by atoms with Crippen LogP contribution in [0, 0.1) is 11.7 Å². The molecule has 4 rings (SSSR count). The predicted molar refractivity (Wildman–Crippen MR) is 116 cm³/mol. The van der Waals surface area contributed by atoms with Gasteiger partial charge in [-0.3, -0.25) is 4.79 Å². The van der Waals surface area contributed by atoms with Crippen LogP contribution < -0.4 is 0 Å². The molecule has 3 aromatic rings. The zero-order chi connectivity index (χ0) is 23.0. The monoisotopic (exact) mass is 432 g/mol. The third kappa shape index (κ3) is 3.68. The molecule has 162 valence electrons. The third-order valence-corrected chi connectivity index (χ3v) is 6.35. The number of aromatic carboxylic acids is 2. The van der Waals surface area contributed by atoms with Crippen molar-refractivity contribution in [3.8, 4) is 0 Å². The quantitative estimate of drug-likeness (QED) is 0.566. The summed E-state index contributed by atoms with van der Waals surface area (Å²) in [5.41, 5.74) is 1.97. The largest absolute Gasteiger partial charge is 0.478 e. The Hall–Kier alpha value is -3.80. The minimum absolute atomic E-state index is 0.0371. The van der Waals surface area contributed by atoms with Gasteiger partial charge in [0.2, 0.25) is 0 Å². The molecule has 0 unspecified atom stereocenters. The highest BCUT2D eigenvalue weighted by atomic mass is 19.1. The Kier molecular flexibility index (Phi) is 5.61. The normalized spacial score (nSPS) is 22.1. The third-order valence-electron chi connectivity index (χ3n) is 6.35. The zero-order valence-electron chi connectivity index (χ0n) is 17.2. The van der Waals surface area contributed by atoms with E-state index in [1.165, 1.54) is 31.2 Å². The first-order valence-electron chi connectivity index (χ1n) is 10.2. The van der Waals surface area contributed by atoms with Crippen molar-refractivity contribution in [2.45, 2.75) is 24.7 Å². The van der Waals surface area contributed by atoms with Gasteiger partial charge in [-0.25, -0.2) is 14.0 Å². The van der Waals surface area contributed by atoms with E-state index in [0.717, 1.165) is 17.2 Å². The van der Waals surface area contributed by atoms with Gasteiger partial charge >= 0.3 is 11.9 Å². The van der Waals surface area contributed by atoms with E-state index in [1.807, 2.05) is 30.3 Å². The molecule has 0 bridgehead atoms. The predicted octanol–water partition coefficient (Wildman–Crippen LogP) is 5.09. The van der Waals surface area contributed by atoms with Crippen molar-refractivity contribution < 1.29 is 29.0 Å². The maximum absolute atomic E-state index is 15.1. The lowest BCUT2D eigenvalue weighted by Gasteiger charge is -2.52. The number of carboxylic acid groups (broad SMARTS) is 2. The van der Waals surface area contributed by atoms with Gasteiger partial charge in [-0.2, -0.15) is 0 Å². The minimum Gasteiger partial charge on any atom is -0.478 e. The van der Waals surface area contributed by atoms with Crippen LogP contribution in [0.25, 0.3) is 0 Å². The van der Waals surface area contributed by atoms with Crippen LogP contribution in [0.2, 0.25) is 0 Å². The Balaban J connectivity index is 1.85. The van der Waals surface area contributed by atoms with E-state index in [0.29, 0.717) is 5.56 Å². The maximum atomic E-state index is 15.1. The van der Waals surface area contributed by atoms with Crippen molar-refractivity contribution in [2.24, 2.45) is 5.92 Å². The van der Waals surface area contributed by atoms with Crippen LogP contribution in [-0.4, -0.2) is 27.9 Å². The second kappa shape index (κ2) is 8.38. The molecule has 4 atom stereocenters. The van der Waals surface area contributed by atoms with E-state index in [1.54, 1.807) is 12.1 Å². The lowest BCUT2D eigenvalue weighted by atomic mass is 9.49. The highest BCUT2D eigenvalue weighted by Crippen LogP contribution is 2.62. The van der Waals surface area contributed by atoms with E-state index < -0.39 is 29.6 Å². The van der Waals surface area contributed by atoms with Crippen molar-refractivity contribution in [1.82, 2.24) is 0 Å². The average molecular weight is 432 g/mol. The highest BCUT2D eigenvalue weighted by molar-refractivity contribution is 5.88. The Bertz CT molecular complexity index is 1190. The molecule has 0 aliphatic heterocycles. The number of carbonyl (C=O) groups excluding carboxylic acids is 1. The Labute approximate surface area is 184 Å². The molecule has 5 nitrogen and oxygen atoms in total. The fraction of sp³-hybridized carbons (Fsp3) is 0.192. The second-order valence-electron chi connectivity index (χ2n) is 8.09. The molecular weight excluding hydrogens is 411 g/mol. The molecule has 32 heavy (non-hydrogen) atoms. The van der Waals surface area contributed by atoms with Crippen LogP contribution in [0.5, 0.6) is 0 Å². The summed E-state index contributed by atoms with van der Waals surface area (Å²) in [6, 6.07) is 19.5. The van der Waals surface area contributed by atoms with Crippen molar-refractivity contribution in [3.05, 3.63) is 106 Å². The summed E-state index contributed by atoms with van der Waals surface area (Å²) >= 11 is 0. The highest BCUT2D eigenvalue weighted by Gasteiger charge is 2.54. The molecule has 1 saturated carbocycles. The van der Waals surface area contributed by atoms with E-state index in [2.05, 4.69) is 0 Å². The topological polar surface area (TPSA) is 91.7 Å². The molecule has 0 amide bonds. The van der Waals surface area contributed by atoms with Gasteiger partial charge in [-0.15, -0.1) is 0 Å². The van der Waals surface area contributed by atoms with Gasteiger partial charge in [0, 0.05) is 23.7 Å². The lowest BCUT2D eigenvalue weighted by Crippen LogP contribution is -2.45. The van der Waals surface area contributed by atoms with Crippen molar-refractivity contribution in [3.63, 3.8) is 0 Å². The molecule has 2 N–H and O–H groups in total. The van der Waals surface area contributed by atoms with Crippen LogP contribution in [-0.2, 0) is 4.79 Å². The van der Waals surface area contributed by atoms with E-state index >= 15 is 4.39 Å². The van der Waals surface area contributed by atoms with Gasteiger partial charge in [0.05, 0.1) is 11.1 Å². The van der Waals surface area contributed by atoms with Gasteiger partial charge in [0.15, 0.2) is 0 Å². The molecule has 0 spiro atoms. The summed E-state index contributed by atoms with van der Waals surface area (Å²) in [6.45, 7) is 1.51. The molecule has 0 radical (unpaired) electrons. The average Bonchev–Trinajstić information content (AvgIpc) is 2.75. The van der Waals surface area contributed by atoms with Crippen molar-refractivity contribution in [1.29, 1.82) is 0 Å². The number of ketones is 1. The number of carbonyl (C=O) groups is 3. The molecule has 0 aromatic heterocycles. The van der Waals surface area contributed by atoms with Gasteiger partial charge in [-0.1, -0.05) is 48.5 Å². The van der Waals surface area contributed by atoms with Gasteiger partial charge in [0.1, 0.15) is 11.6 Å². The van der Waals surface area contributed by atoms with E-state index in [-0.39, 0.29) is 28.7 Å². The number of benzene rings is 3. The van der Waals surface area contributed by atoms with Crippen LogP contribution in [0.1, 0.15) is 62.1 Å². The lowest BCUT2D eigenvalue weighted by molar-refractivity contribution is -0.126. The Morgan fingerprint density at radius 2 is 1.25 bits per heavy atom. The summed E-state index contributed by atoms with van der Waals surface area (Å²) in [7, 11) is 0. The number of halogens is 1. The molecular formula is C26H21FO5. The molecule has 0 saturated heterocycles. The number of Topliss-reactive ketones (excluding diaryl/α,β-unsaturated/α-hetero) is 1. The summed E-state index contributed by atoms with van der Waals surface area (Å²) < 4.78 is 15.1. The zero-order valence-corrected chi connectivity index (χ0v) is 17.2. The van der Waals surface area contributed by atoms with Gasteiger partial charge < -0.3 is 10.2 Å². The molecule has 6 heteroatoms. The summed E-state index contributed by atoms with van der Waals surface area (Å²) in [4.78, 5) is 35.2. The smallest absolute Gasteiger partial charge is 0.335 e. The Morgan fingerprint density at radius 3 is 1.75 bits per heavy atom. The first kappa shape index (κ1) is 21.4. The molecule has 1 aliphatic rings. The maximum Gasteiger partial charge on any atom is 0.335 e. The van der Waals surface area contributed by atoms with Crippen molar-refractivity contribution >= 4 is 17.7 Å². The summed E-state index contributed by atoms with van der Waals surface area (Å²) in [5.74, 6) is -4.43. The molecule has 1 aliphatic carbocycles. The summed E-state index contributed by atoms with van der Waals surface area (Å²) in [5, 5.41) is 18.4. The minimum atomic E-state index is -1.22. The van der Waals surface area contributed by atoms with Gasteiger partial charge in [-0.05, 0) is 47.9 Å². The standard InChI is InChI=1S/C26H21FO5/c1-14(28)21-22(15-5-3-2-4-6-15)24(19-12-11-18(26(31)32)13-20(19)27)23(21)16-7-9-17(10-8-16)25(29)30/h2-13,21-24H,1H3,(H,29,30)(H,31,32)/t21-,22+,23+,24-/m1/s1. The van der Waals surface area contributed by atoms with Crippen LogP contribution in [0.3, 0.4) is 0 Å². The summed E-state index contributed by atoms with van der Waals surface area (Å²) in [6.07, 6.45) is 0. The Morgan fingerprint density at radius 1 is 0.719 bits per heavy atom. The number of carboxylic acids is 2. The number of hydrogen-bond donors (Lipinski definition) is 2. The van der Waals surface area contributed by atoms with Gasteiger partial charge in [0.25, 0.3) is 0 Å². The van der Waals surface area contributed by atoms with E-state index in [4.69, 9.17) is 0 Å². The number of hydrogen-bond acceptors (Lipinski definition) is 3. The fourth-order valence-corrected chi connectivity index (χ4v) is 4.92.